The van der Waals surface area contributed by atoms with Crippen LogP contribution in [-0.4, -0.2) is 19.5 Å². The fourth-order valence-electron chi connectivity index (χ4n) is 8.99. The number of benzene rings is 10. The Bertz CT molecular complexity index is 3600. The molecule has 274 valence electrons. The molecule has 0 aliphatic heterocycles. The van der Waals surface area contributed by atoms with Crippen molar-refractivity contribution in [2.45, 2.75) is 0 Å². The number of nitrogens with zero attached hydrogens (tertiary/aromatic N) is 4. The molecule has 12 rings (SSSR count). The average Bonchev–Trinajstić information content (AvgIpc) is 3.66. The first-order valence-electron chi connectivity index (χ1n) is 20.0. The Labute approximate surface area is 340 Å². The Hall–Kier alpha value is -7.95. The molecule has 0 atom stereocenters. The van der Waals surface area contributed by atoms with Crippen molar-refractivity contribution in [3.05, 3.63) is 206 Å². The first-order valence-corrected chi connectivity index (χ1v) is 20.0. The summed E-state index contributed by atoms with van der Waals surface area (Å²) in [6, 6.07) is 73.4. The summed E-state index contributed by atoms with van der Waals surface area (Å²) in [5.41, 5.74) is 8.42. The molecule has 0 saturated carbocycles. The van der Waals surface area contributed by atoms with Crippen molar-refractivity contribution >= 4 is 64.9 Å². The molecule has 4 heteroatoms. The summed E-state index contributed by atoms with van der Waals surface area (Å²) >= 11 is 0. The van der Waals surface area contributed by atoms with Gasteiger partial charge in [-0.2, -0.15) is 0 Å². The van der Waals surface area contributed by atoms with Crippen LogP contribution in [0.15, 0.2) is 206 Å². The maximum absolute atomic E-state index is 5.40. The fourth-order valence-corrected chi connectivity index (χ4v) is 8.99. The van der Waals surface area contributed by atoms with Crippen molar-refractivity contribution in [1.82, 2.24) is 19.5 Å². The van der Waals surface area contributed by atoms with E-state index in [2.05, 4.69) is 193 Å². The van der Waals surface area contributed by atoms with Gasteiger partial charge in [-0.1, -0.05) is 188 Å². The van der Waals surface area contributed by atoms with Crippen LogP contribution in [0.5, 0.6) is 0 Å². The second-order valence-electron chi connectivity index (χ2n) is 15.2. The molecule has 0 fully saturated rings. The summed E-state index contributed by atoms with van der Waals surface area (Å²) in [5.74, 6) is 1.87. The van der Waals surface area contributed by atoms with Crippen LogP contribution in [0, 0.1) is 0 Å². The van der Waals surface area contributed by atoms with Crippen LogP contribution in [0.2, 0.25) is 0 Å². The standard InChI is InChI=1S/C55H34N4/c1-2-16-40(17-3-1)53-56-54(41-25-22-36(23-26-41)43-27-24-35-12-4-5-18-42(35)34-43)58-55(57-53)51-45-20-10-7-14-38(45)30-33-49(51)59-48-32-29-37-13-6-9-19-44(37)50(48)47-31-28-39-15-8-11-21-46(39)52(47)59/h1-34H. The topological polar surface area (TPSA) is 43.6 Å². The minimum atomic E-state index is 0.621. The van der Waals surface area contributed by atoms with Crippen molar-refractivity contribution < 1.29 is 0 Å². The van der Waals surface area contributed by atoms with E-state index in [0.717, 1.165) is 49.7 Å². The number of hydrogen-bond donors (Lipinski definition) is 0. The van der Waals surface area contributed by atoms with Crippen LogP contribution in [0.1, 0.15) is 0 Å². The molecule has 4 nitrogen and oxygen atoms in total. The minimum absolute atomic E-state index is 0.621. The van der Waals surface area contributed by atoms with E-state index in [9.17, 15) is 0 Å². The summed E-state index contributed by atoms with van der Waals surface area (Å²) in [5, 5.41) is 11.9. The number of hydrogen-bond acceptors (Lipinski definition) is 3. The van der Waals surface area contributed by atoms with Gasteiger partial charge in [-0.15, -0.1) is 0 Å². The molecule has 0 saturated heterocycles. The van der Waals surface area contributed by atoms with E-state index in [0.29, 0.717) is 17.5 Å². The molecule has 0 radical (unpaired) electrons. The summed E-state index contributed by atoms with van der Waals surface area (Å²) in [6.07, 6.45) is 0. The minimum Gasteiger partial charge on any atom is -0.308 e. The Morgan fingerprint density at radius 1 is 0.305 bits per heavy atom. The lowest BCUT2D eigenvalue weighted by atomic mass is 10.00. The van der Waals surface area contributed by atoms with Crippen molar-refractivity contribution in [2.75, 3.05) is 0 Å². The third-order valence-corrected chi connectivity index (χ3v) is 11.8. The zero-order chi connectivity index (χ0) is 38.9. The van der Waals surface area contributed by atoms with Gasteiger partial charge in [0.1, 0.15) is 0 Å². The van der Waals surface area contributed by atoms with E-state index >= 15 is 0 Å². The molecular formula is C55H34N4. The molecule has 0 N–H and O–H groups in total. The highest BCUT2D eigenvalue weighted by Crippen LogP contribution is 2.43. The molecule has 0 bridgehead atoms. The van der Waals surface area contributed by atoms with E-state index in [1.165, 1.54) is 48.7 Å². The second kappa shape index (κ2) is 13.3. The van der Waals surface area contributed by atoms with Crippen molar-refractivity contribution in [3.63, 3.8) is 0 Å². The molecule has 0 aliphatic rings. The van der Waals surface area contributed by atoms with E-state index in [-0.39, 0.29) is 0 Å². The maximum Gasteiger partial charge on any atom is 0.166 e. The van der Waals surface area contributed by atoms with Crippen molar-refractivity contribution in [1.29, 1.82) is 0 Å². The molecular weight excluding hydrogens is 717 g/mol. The van der Waals surface area contributed by atoms with E-state index in [4.69, 9.17) is 15.0 Å². The SMILES string of the molecule is c1ccc(-c2nc(-c3ccc(-c4ccc5ccccc5c4)cc3)nc(-c3c(-n4c5ccc6ccccc6c5c5ccc6ccccc6c54)ccc4ccccc34)n2)cc1. The van der Waals surface area contributed by atoms with Crippen LogP contribution in [0.3, 0.4) is 0 Å². The highest BCUT2D eigenvalue weighted by molar-refractivity contribution is 6.26. The molecule has 0 spiro atoms. The van der Waals surface area contributed by atoms with E-state index < -0.39 is 0 Å². The average molecular weight is 751 g/mol. The quantitative estimate of drug-likeness (QED) is 0.176. The van der Waals surface area contributed by atoms with Gasteiger partial charge in [-0.25, -0.2) is 15.0 Å². The van der Waals surface area contributed by atoms with Crippen LogP contribution in [0.4, 0.5) is 0 Å². The van der Waals surface area contributed by atoms with Gasteiger partial charge in [0.25, 0.3) is 0 Å². The lowest BCUT2D eigenvalue weighted by Gasteiger charge is -2.18. The lowest BCUT2D eigenvalue weighted by Crippen LogP contribution is -2.04. The highest BCUT2D eigenvalue weighted by Gasteiger charge is 2.23. The van der Waals surface area contributed by atoms with Gasteiger partial charge in [-0.05, 0) is 67.0 Å². The summed E-state index contributed by atoms with van der Waals surface area (Å²) < 4.78 is 2.45. The third kappa shape index (κ3) is 5.42. The van der Waals surface area contributed by atoms with Gasteiger partial charge >= 0.3 is 0 Å². The van der Waals surface area contributed by atoms with E-state index in [1.807, 2.05) is 18.2 Å². The van der Waals surface area contributed by atoms with Gasteiger partial charge in [0.2, 0.25) is 0 Å². The molecule has 10 aromatic carbocycles. The Kier molecular flexibility index (Phi) is 7.50. The molecule has 12 aromatic rings. The van der Waals surface area contributed by atoms with Crippen LogP contribution in [0.25, 0.3) is 116 Å². The van der Waals surface area contributed by atoms with E-state index in [1.54, 1.807) is 0 Å². The van der Waals surface area contributed by atoms with Gasteiger partial charge in [0.05, 0.1) is 22.3 Å². The summed E-state index contributed by atoms with van der Waals surface area (Å²) in [7, 11) is 0. The Morgan fingerprint density at radius 3 is 1.58 bits per heavy atom. The molecule has 0 amide bonds. The Morgan fingerprint density at radius 2 is 0.814 bits per heavy atom. The summed E-state index contributed by atoms with van der Waals surface area (Å²) in [6.45, 7) is 0. The molecule has 2 aromatic heterocycles. The first kappa shape index (κ1) is 33.2. The largest absolute Gasteiger partial charge is 0.308 e. The van der Waals surface area contributed by atoms with Gasteiger partial charge < -0.3 is 4.57 Å². The fraction of sp³-hybridized carbons (Fsp3) is 0. The number of aromatic nitrogens is 4. The summed E-state index contributed by atoms with van der Waals surface area (Å²) in [4.78, 5) is 15.9. The molecule has 2 heterocycles. The van der Waals surface area contributed by atoms with Crippen molar-refractivity contribution in [2.24, 2.45) is 0 Å². The zero-order valence-corrected chi connectivity index (χ0v) is 31.9. The number of fused-ring (bicyclic) bond motifs is 9. The third-order valence-electron chi connectivity index (χ3n) is 11.8. The molecule has 59 heavy (non-hydrogen) atoms. The predicted octanol–water partition coefficient (Wildman–Crippen LogP) is 14.2. The van der Waals surface area contributed by atoms with Gasteiger partial charge in [0.15, 0.2) is 17.5 Å². The Balaban J connectivity index is 1.14. The monoisotopic (exact) mass is 750 g/mol. The first-order chi connectivity index (χ1) is 29.2. The van der Waals surface area contributed by atoms with Crippen LogP contribution < -0.4 is 0 Å². The van der Waals surface area contributed by atoms with Gasteiger partial charge in [-0.3, -0.25) is 0 Å². The van der Waals surface area contributed by atoms with Crippen LogP contribution >= 0.6 is 0 Å². The zero-order valence-electron chi connectivity index (χ0n) is 31.9. The smallest absolute Gasteiger partial charge is 0.166 e. The lowest BCUT2D eigenvalue weighted by molar-refractivity contribution is 1.07. The van der Waals surface area contributed by atoms with Crippen LogP contribution in [-0.2, 0) is 0 Å². The molecule has 0 aliphatic carbocycles. The maximum atomic E-state index is 5.40. The van der Waals surface area contributed by atoms with Crippen molar-refractivity contribution in [3.8, 4) is 51.0 Å². The molecule has 0 unspecified atom stereocenters. The highest BCUT2D eigenvalue weighted by atomic mass is 15.1. The number of rotatable bonds is 5. The second-order valence-corrected chi connectivity index (χ2v) is 15.2. The normalized spacial score (nSPS) is 11.7. The predicted molar refractivity (Wildman–Crippen MR) is 246 cm³/mol. The van der Waals surface area contributed by atoms with Gasteiger partial charge in [0, 0.05) is 27.3 Å².